The van der Waals surface area contributed by atoms with Crippen LogP contribution in [0.5, 0.6) is 0 Å². The molecule has 1 N–H and O–H groups in total. The van der Waals surface area contributed by atoms with E-state index in [-0.39, 0.29) is 0 Å². The van der Waals surface area contributed by atoms with E-state index in [4.69, 9.17) is 5.26 Å². The number of rotatable bonds is 4. The van der Waals surface area contributed by atoms with Crippen LogP contribution in [-0.2, 0) is 0 Å². The molecule has 74 valence electrons. The number of nitrogens with one attached hydrogen (secondary N) is 1. The zero-order chi connectivity index (χ0) is 10.6. The van der Waals surface area contributed by atoms with Crippen LogP contribution in [0.15, 0.2) is 12.8 Å². The molecule has 3 nitrogen and oxygen atoms in total. The van der Waals surface area contributed by atoms with Gasteiger partial charge in [0.25, 0.3) is 0 Å². The molecule has 3 heteroatoms. The van der Waals surface area contributed by atoms with Gasteiger partial charge in [0.2, 0.25) is 0 Å². The fourth-order valence-corrected chi connectivity index (χ4v) is 1.46. The highest BCUT2D eigenvalue weighted by Gasteiger charge is 2.17. The van der Waals surface area contributed by atoms with Gasteiger partial charge in [0, 0.05) is 12.0 Å². The molecule has 0 aromatic carbocycles. The molecule has 0 aliphatic rings. The molecule has 0 fully saturated rings. The number of hydrogen-bond donors (Lipinski definition) is 1. The SMILES string of the molecule is C=Cc1[nH]ncc1C(C)C(C)CC#N. The number of aromatic amines is 1. The van der Waals surface area contributed by atoms with Gasteiger partial charge < -0.3 is 0 Å². The van der Waals surface area contributed by atoms with Crippen LogP contribution < -0.4 is 0 Å². The van der Waals surface area contributed by atoms with Crippen molar-refractivity contribution in [3.63, 3.8) is 0 Å². The Morgan fingerprint density at radius 2 is 2.43 bits per heavy atom. The van der Waals surface area contributed by atoms with E-state index in [1.54, 1.807) is 6.08 Å². The minimum Gasteiger partial charge on any atom is -0.278 e. The number of nitriles is 1. The van der Waals surface area contributed by atoms with Gasteiger partial charge in [-0.05, 0) is 17.9 Å². The summed E-state index contributed by atoms with van der Waals surface area (Å²) in [6.07, 6.45) is 4.15. The second-order valence-electron chi connectivity index (χ2n) is 3.57. The molecule has 0 amide bonds. The molecule has 1 heterocycles. The van der Waals surface area contributed by atoms with Crippen LogP contribution in [0.1, 0.15) is 37.4 Å². The molecule has 0 spiro atoms. The van der Waals surface area contributed by atoms with Gasteiger partial charge in [0.05, 0.1) is 18.0 Å². The molecule has 0 bridgehead atoms. The maximum atomic E-state index is 8.62. The van der Waals surface area contributed by atoms with Crippen molar-refractivity contribution in [2.45, 2.75) is 26.2 Å². The first kappa shape index (κ1) is 10.5. The van der Waals surface area contributed by atoms with Gasteiger partial charge in [-0.3, -0.25) is 5.10 Å². The molecule has 1 rings (SSSR count). The van der Waals surface area contributed by atoms with Crippen molar-refractivity contribution in [2.75, 3.05) is 0 Å². The molecule has 0 saturated carbocycles. The largest absolute Gasteiger partial charge is 0.278 e. The third-order valence-electron chi connectivity index (χ3n) is 2.66. The van der Waals surface area contributed by atoms with E-state index >= 15 is 0 Å². The van der Waals surface area contributed by atoms with Crippen LogP contribution in [0, 0.1) is 17.2 Å². The summed E-state index contributed by atoms with van der Waals surface area (Å²) in [7, 11) is 0. The van der Waals surface area contributed by atoms with E-state index in [0.29, 0.717) is 18.3 Å². The van der Waals surface area contributed by atoms with E-state index in [1.807, 2.05) is 6.20 Å². The van der Waals surface area contributed by atoms with Crippen molar-refractivity contribution < 1.29 is 0 Å². The molecule has 1 aromatic rings. The fraction of sp³-hybridized carbons (Fsp3) is 0.455. The first-order valence-corrected chi connectivity index (χ1v) is 4.73. The summed E-state index contributed by atoms with van der Waals surface area (Å²) < 4.78 is 0. The van der Waals surface area contributed by atoms with Crippen LogP contribution in [0.4, 0.5) is 0 Å². The average Bonchev–Trinajstić information content (AvgIpc) is 2.64. The minimum atomic E-state index is 0.335. The molecule has 0 aliphatic heterocycles. The Bertz CT molecular complexity index is 346. The third kappa shape index (κ3) is 2.02. The van der Waals surface area contributed by atoms with Gasteiger partial charge in [-0.2, -0.15) is 10.4 Å². The number of nitrogens with zero attached hydrogens (tertiary/aromatic N) is 2. The molecule has 2 unspecified atom stereocenters. The van der Waals surface area contributed by atoms with E-state index in [9.17, 15) is 0 Å². The molecule has 0 radical (unpaired) electrons. The molecular formula is C11H15N3. The van der Waals surface area contributed by atoms with Crippen molar-refractivity contribution in [3.05, 3.63) is 24.0 Å². The highest BCUT2D eigenvalue weighted by molar-refractivity contribution is 5.47. The number of aromatic nitrogens is 2. The maximum absolute atomic E-state index is 8.62. The lowest BCUT2D eigenvalue weighted by atomic mass is 9.87. The molecule has 0 aliphatic carbocycles. The van der Waals surface area contributed by atoms with Crippen molar-refractivity contribution in [3.8, 4) is 6.07 Å². The zero-order valence-electron chi connectivity index (χ0n) is 8.62. The van der Waals surface area contributed by atoms with Gasteiger partial charge in [-0.15, -0.1) is 0 Å². The Kier molecular flexibility index (Phi) is 3.47. The molecule has 1 aromatic heterocycles. The molecule has 2 atom stereocenters. The maximum Gasteiger partial charge on any atom is 0.0624 e. The highest BCUT2D eigenvalue weighted by atomic mass is 15.1. The Morgan fingerprint density at radius 1 is 1.71 bits per heavy atom. The van der Waals surface area contributed by atoms with Gasteiger partial charge in [0.15, 0.2) is 0 Å². The van der Waals surface area contributed by atoms with Crippen molar-refractivity contribution in [2.24, 2.45) is 5.92 Å². The lowest BCUT2D eigenvalue weighted by Gasteiger charge is -2.16. The van der Waals surface area contributed by atoms with Crippen molar-refractivity contribution in [1.29, 1.82) is 5.26 Å². The van der Waals surface area contributed by atoms with E-state index in [1.165, 1.54) is 0 Å². The lowest BCUT2D eigenvalue weighted by Crippen LogP contribution is -2.05. The van der Waals surface area contributed by atoms with Crippen LogP contribution in [0.2, 0.25) is 0 Å². The summed E-state index contributed by atoms with van der Waals surface area (Å²) in [5.41, 5.74) is 2.10. The standard InChI is InChI=1S/C11H15N3/c1-4-11-10(7-13-14-11)9(3)8(2)5-6-12/h4,7-9H,1,5H2,2-3H3,(H,13,14). The second-order valence-corrected chi connectivity index (χ2v) is 3.57. The second kappa shape index (κ2) is 4.61. The predicted octanol–water partition coefficient (Wildman–Crippen LogP) is 2.71. The Balaban J connectivity index is 2.83. The topological polar surface area (TPSA) is 52.5 Å². The Morgan fingerprint density at radius 3 is 3.00 bits per heavy atom. The molecule has 14 heavy (non-hydrogen) atoms. The average molecular weight is 189 g/mol. The van der Waals surface area contributed by atoms with Gasteiger partial charge in [-0.1, -0.05) is 20.4 Å². The number of hydrogen-bond acceptors (Lipinski definition) is 2. The summed E-state index contributed by atoms with van der Waals surface area (Å²) >= 11 is 0. The summed E-state index contributed by atoms with van der Waals surface area (Å²) in [6.45, 7) is 7.90. The van der Waals surface area contributed by atoms with E-state index in [2.05, 4.69) is 36.7 Å². The third-order valence-corrected chi connectivity index (χ3v) is 2.66. The van der Waals surface area contributed by atoms with Gasteiger partial charge in [0.1, 0.15) is 0 Å². The quantitative estimate of drug-likeness (QED) is 0.791. The Labute approximate surface area is 84.5 Å². The fourth-order valence-electron chi connectivity index (χ4n) is 1.46. The normalized spacial score (nSPS) is 14.4. The predicted molar refractivity (Wildman–Crippen MR) is 56.5 cm³/mol. The molecule has 0 saturated heterocycles. The summed E-state index contributed by atoms with van der Waals surface area (Å²) in [6, 6.07) is 2.19. The summed E-state index contributed by atoms with van der Waals surface area (Å²) in [5, 5.41) is 15.5. The number of H-pyrrole nitrogens is 1. The monoisotopic (exact) mass is 189 g/mol. The smallest absolute Gasteiger partial charge is 0.0624 e. The van der Waals surface area contributed by atoms with Crippen molar-refractivity contribution >= 4 is 6.08 Å². The van der Waals surface area contributed by atoms with Crippen LogP contribution in [-0.4, -0.2) is 10.2 Å². The minimum absolute atomic E-state index is 0.335. The van der Waals surface area contributed by atoms with Crippen LogP contribution in [0.25, 0.3) is 6.08 Å². The summed E-state index contributed by atoms with van der Waals surface area (Å²) in [5.74, 6) is 0.678. The van der Waals surface area contributed by atoms with Gasteiger partial charge >= 0.3 is 0 Å². The summed E-state index contributed by atoms with van der Waals surface area (Å²) in [4.78, 5) is 0. The van der Waals surface area contributed by atoms with E-state index in [0.717, 1.165) is 11.3 Å². The molecular weight excluding hydrogens is 174 g/mol. The first-order valence-electron chi connectivity index (χ1n) is 4.73. The lowest BCUT2D eigenvalue weighted by molar-refractivity contribution is 0.498. The zero-order valence-corrected chi connectivity index (χ0v) is 8.62. The highest BCUT2D eigenvalue weighted by Crippen LogP contribution is 2.27. The Hall–Kier alpha value is -1.56. The first-order chi connectivity index (χ1) is 6.70. The van der Waals surface area contributed by atoms with E-state index < -0.39 is 0 Å². The van der Waals surface area contributed by atoms with Crippen molar-refractivity contribution in [1.82, 2.24) is 10.2 Å². The van der Waals surface area contributed by atoms with Crippen LogP contribution >= 0.6 is 0 Å². The van der Waals surface area contributed by atoms with Crippen LogP contribution in [0.3, 0.4) is 0 Å². The van der Waals surface area contributed by atoms with Gasteiger partial charge in [-0.25, -0.2) is 0 Å².